The Balaban J connectivity index is 1.74. The van der Waals surface area contributed by atoms with E-state index in [4.69, 9.17) is 4.74 Å². The number of ketones is 1. The third-order valence-electron chi connectivity index (χ3n) is 5.94. The molecule has 4 rings (SSSR count). The van der Waals surface area contributed by atoms with Crippen LogP contribution in [0.1, 0.15) is 49.7 Å². The summed E-state index contributed by atoms with van der Waals surface area (Å²) in [6.07, 6.45) is 7.36. The first-order chi connectivity index (χ1) is 10.1. The van der Waals surface area contributed by atoms with E-state index >= 15 is 0 Å². The number of aryl methyl sites for hydroxylation is 1. The Hall–Kier alpha value is -1.57. The standard InChI is InChI=1S/C19H22O2/c1-19-8-7-16-15-6-4-14(21-2)9-12(15)3-5-17(16)18(19)10-13(20)11-19/h4,6,9-10,16-17H,3,5,7-8,11H2,1-2H3. The number of benzene rings is 1. The lowest BCUT2D eigenvalue weighted by Gasteiger charge is -2.45. The second-order valence-corrected chi connectivity index (χ2v) is 7.16. The molecule has 3 unspecified atom stereocenters. The molecule has 3 aliphatic carbocycles. The number of methoxy groups -OCH3 is 1. The van der Waals surface area contributed by atoms with Crippen molar-refractivity contribution in [3.63, 3.8) is 0 Å². The van der Waals surface area contributed by atoms with Gasteiger partial charge >= 0.3 is 0 Å². The Labute approximate surface area is 126 Å². The molecule has 3 aliphatic rings. The largest absolute Gasteiger partial charge is 0.497 e. The van der Waals surface area contributed by atoms with Crippen molar-refractivity contribution in [2.45, 2.75) is 44.9 Å². The minimum Gasteiger partial charge on any atom is -0.497 e. The molecule has 1 saturated carbocycles. The summed E-state index contributed by atoms with van der Waals surface area (Å²) >= 11 is 0. The molecule has 21 heavy (non-hydrogen) atoms. The maximum Gasteiger partial charge on any atom is 0.156 e. The summed E-state index contributed by atoms with van der Waals surface area (Å²) in [4.78, 5) is 11.9. The van der Waals surface area contributed by atoms with Crippen LogP contribution in [0.4, 0.5) is 0 Å². The highest BCUT2D eigenvalue weighted by atomic mass is 16.5. The number of fused-ring (bicyclic) bond motifs is 5. The molecule has 0 radical (unpaired) electrons. The van der Waals surface area contributed by atoms with E-state index in [2.05, 4.69) is 25.1 Å². The van der Waals surface area contributed by atoms with Gasteiger partial charge in [0.1, 0.15) is 5.75 Å². The number of ether oxygens (including phenoxy) is 1. The molecule has 0 spiro atoms. The molecular formula is C19H22O2. The summed E-state index contributed by atoms with van der Waals surface area (Å²) in [6, 6.07) is 6.54. The Morgan fingerprint density at radius 1 is 1.24 bits per heavy atom. The molecule has 1 fully saturated rings. The normalized spacial score (nSPS) is 33.8. The lowest BCUT2D eigenvalue weighted by molar-refractivity contribution is -0.115. The van der Waals surface area contributed by atoms with Gasteiger partial charge in [0.2, 0.25) is 0 Å². The number of allylic oxidation sites excluding steroid dienone is 2. The first kappa shape index (κ1) is 13.1. The van der Waals surface area contributed by atoms with Gasteiger partial charge in [-0.05, 0) is 72.3 Å². The van der Waals surface area contributed by atoms with Crippen LogP contribution in [0.2, 0.25) is 0 Å². The molecule has 0 N–H and O–H groups in total. The van der Waals surface area contributed by atoms with Crippen LogP contribution in [-0.4, -0.2) is 12.9 Å². The van der Waals surface area contributed by atoms with Crippen molar-refractivity contribution in [1.82, 2.24) is 0 Å². The molecular weight excluding hydrogens is 260 g/mol. The highest BCUT2D eigenvalue weighted by molar-refractivity contribution is 5.94. The monoisotopic (exact) mass is 282 g/mol. The summed E-state index contributed by atoms with van der Waals surface area (Å²) in [7, 11) is 1.73. The maximum absolute atomic E-state index is 11.9. The molecule has 0 heterocycles. The predicted molar refractivity (Wildman–Crippen MR) is 82.6 cm³/mol. The minimum absolute atomic E-state index is 0.155. The van der Waals surface area contributed by atoms with Gasteiger partial charge in [-0.1, -0.05) is 18.6 Å². The molecule has 2 heteroatoms. The summed E-state index contributed by atoms with van der Waals surface area (Å²) in [5, 5.41) is 0. The molecule has 0 amide bonds. The lowest BCUT2D eigenvalue weighted by Crippen LogP contribution is -2.34. The number of carbonyl (C=O) groups excluding carboxylic acids is 1. The minimum atomic E-state index is 0.155. The van der Waals surface area contributed by atoms with Crippen LogP contribution < -0.4 is 4.74 Å². The predicted octanol–water partition coefficient (Wildman–Crippen LogP) is 4.04. The average molecular weight is 282 g/mol. The SMILES string of the molecule is COc1ccc2c(c1)CCC1C3=CC(=O)CC3(C)CCC21. The molecule has 1 aromatic carbocycles. The molecule has 0 saturated heterocycles. The lowest BCUT2D eigenvalue weighted by atomic mass is 9.58. The van der Waals surface area contributed by atoms with E-state index in [1.807, 2.05) is 6.08 Å². The van der Waals surface area contributed by atoms with E-state index in [9.17, 15) is 4.79 Å². The number of hydrogen-bond acceptors (Lipinski definition) is 2. The van der Waals surface area contributed by atoms with Crippen molar-refractivity contribution in [2.75, 3.05) is 7.11 Å². The third-order valence-corrected chi connectivity index (χ3v) is 5.94. The summed E-state index contributed by atoms with van der Waals surface area (Å²) < 4.78 is 5.36. The van der Waals surface area contributed by atoms with Crippen LogP contribution in [0.3, 0.4) is 0 Å². The average Bonchev–Trinajstić information content (AvgIpc) is 2.80. The smallest absolute Gasteiger partial charge is 0.156 e. The number of rotatable bonds is 1. The summed E-state index contributed by atoms with van der Waals surface area (Å²) in [6.45, 7) is 2.30. The summed E-state index contributed by atoms with van der Waals surface area (Å²) in [5.74, 6) is 2.48. The fraction of sp³-hybridized carbons (Fsp3) is 0.526. The quantitative estimate of drug-likeness (QED) is 0.777. The van der Waals surface area contributed by atoms with Gasteiger partial charge in [0.25, 0.3) is 0 Å². The molecule has 0 bridgehead atoms. The van der Waals surface area contributed by atoms with Crippen LogP contribution in [0.25, 0.3) is 0 Å². The van der Waals surface area contributed by atoms with Gasteiger partial charge < -0.3 is 4.74 Å². The van der Waals surface area contributed by atoms with E-state index in [0.29, 0.717) is 17.6 Å². The Bertz CT molecular complexity index is 643. The van der Waals surface area contributed by atoms with Gasteiger partial charge in [0.15, 0.2) is 5.78 Å². The van der Waals surface area contributed by atoms with Crippen LogP contribution in [0, 0.1) is 11.3 Å². The molecule has 2 nitrogen and oxygen atoms in total. The highest BCUT2D eigenvalue weighted by Crippen LogP contribution is 2.57. The van der Waals surface area contributed by atoms with E-state index in [0.717, 1.165) is 25.0 Å². The Kier molecular flexibility index (Phi) is 2.79. The zero-order valence-electron chi connectivity index (χ0n) is 12.8. The second-order valence-electron chi connectivity index (χ2n) is 7.16. The van der Waals surface area contributed by atoms with Crippen LogP contribution in [0.5, 0.6) is 5.75 Å². The topological polar surface area (TPSA) is 26.3 Å². The van der Waals surface area contributed by atoms with Crippen molar-refractivity contribution in [2.24, 2.45) is 11.3 Å². The molecule has 1 aromatic rings. The molecule has 0 aromatic heterocycles. The number of carbonyl (C=O) groups is 1. The third kappa shape index (κ3) is 1.88. The fourth-order valence-electron chi connectivity index (χ4n) is 4.89. The van der Waals surface area contributed by atoms with Gasteiger partial charge in [-0.25, -0.2) is 0 Å². The molecule has 3 atom stereocenters. The fourth-order valence-corrected chi connectivity index (χ4v) is 4.89. The highest BCUT2D eigenvalue weighted by Gasteiger charge is 2.47. The first-order valence-corrected chi connectivity index (χ1v) is 8.02. The number of hydrogen-bond donors (Lipinski definition) is 0. The van der Waals surface area contributed by atoms with Crippen molar-refractivity contribution >= 4 is 5.78 Å². The summed E-state index contributed by atoms with van der Waals surface area (Å²) in [5.41, 5.74) is 4.55. The molecule has 0 aliphatic heterocycles. The Morgan fingerprint density at radius 2 is 2.10 bits per heavy atom. The van der Waals surface area contributed by atoms with Gasteiger partial charge in [-0.2, -0.15) is 0 Å². The van der Waals surface area contributed by atoms with Gasteiger partial charge in [0.05, 0.1) is 7.11 Å². The van der Waals surface area contributed by atoms with Crippen molar-refractivity contribution in [3.8, 4) is 5.75 Å². The van der Waals surface area contributed by atoms with E-state index in [-0.39, 0.29) is 5.41 Å². The van der Waals surface area contributed by atoms with Crippen LogP contribution in [0.15, 0.2) is 29.8 Å². The Morgan fingerprint density at radius 3 is 2.90 bits per heavy atom. The van der Waals surface area contributed by atoms with Crippen molar-refractivity contribution < 1.29 is 9.53 Å². The van der Waals surface area contributed by atoms with Crippen LogP contribution in [-0.2, 0) is 11.2 Å². The van der Waals surface area contributed by atoms with Crippen LogP contribution >= 0.6 is 0 Å². The molecule has 110 valence electrons. The second kappa shape index (κ2) is 4.46. The van der Waals surface area contributed by atoms with Gasteiger partial charge in [-0.15, -0.1) is 0 Å². The van der Waals surface area contributed by atoms with Gasteiger partial charge in [-0.3, -0.25) is 4.79 Å². The maximum atomic E-state index is 11.9. The first-order valence-electron chi connectivity index (χ1n) is 8.02. The van der Waals surface area contributed by atoms with E-state index in [1.165, 1.54) is 29.5 Å². The van der Waals surface area contributed by atoms with Gasteiger partial charge in [0, 0.05) is 6.42 Å². The van der Waals surface area contributed by atoms with E-state index < -0.39 is 0 Å². The van der Waals surface area contributed by atoms with E-state index in [1.54, 1.807) is 7.11 Å². The zero-order valence-corrected chi connectivity index (χ0v) is 12.8. The zero-order chi connectivity index (χ0) is 14.6. The van der Waals surface area contributed by atoms with Crippen molar-refractivity contribution in [3.05, 3.63) is 41.0 Å². The van der Waals surface area contributed by atoms with Crippen molar-refractivity contribution in [1.29, 1.82) is 0 Å².